The van der Waals surface area contributed by atoms with Gasteiger partial charge in [-0.25, -0.2) is 4.98 Å². The standard InChI is InChI=1S/C12H12BrNOS/c1-8(6-15)11-7-16-12(14-11)9-2-4-10(13)5-3-9/h2-5,7-8,15H,6H2,1H3. The van der Waals surface area contributed by atoms with Gasteiger partial charge in [-0.15, -0.1) is 11.3 Å². The Morgan fingerprint density at radius 3 is 2.69 bits per heavy atom. The number of thiazole rings is 1. The smallest absolute Gasteiger partial charge is 0.123 e. The summed E-state index contributed by atoms with van der Waals surface area (Å²) in [6.45, 7) is 2.12. The Balaban J connectivity index is 2.28. The Bertz CT molecular complexity index is 466. The van der Waals surface area contributed by atoms with Crippen LogP contribution in [0, 0.1) is 0 Å². The molecule has 0 saturated heterocycles. The van der Waals surface area contributed by atoms with Gasteiger partial charge in [0.25, 0.3) is 0 Å². The van der Waals surface area contributed by atoms with Gasteiger partial charge in [0.05, 0.1) is 12.3 Å². The third-order valence-corrected chi connectivity index (χ3v) is 3.83. The van der Waals surface area contributed by atoms with E-state index in [0.717, 1.165) is 20.7 Å². The van der Waals surface area contributed by atoms with Crippen LogP contribution in [0.4, 0.5) is 0 Å². The molecule has 1 unspecified atom stereocenters. The zero-order valence-electron chi connectivity index (χ0n) is 8.85. The van der Waals surface area contributed by atoms with Crippen LogP contribution in [-0.2, 0) is 0 Å². The summed E-state index contributed by atoms with van der Waals surface area (Å²) in [7, 11) is 0. The average Bonchev–Trinajstić information content (AvgIpc) is 2.78. The van der Waals surface area contributed by atoms with E-state index in [1.807, 2.05) is 36.6 Å². The van der Waals surface area contributed by atoms with Gasteiger partial charge in [0.1, 0.15) is 5.01 Å². The fraction of sp³-hybridized carbons (Fsp3) is 0.250. The van der Waals surface area contributed by atoms with Crippen LogP contribution < -0.4 is 0 Å². The topological polar surface area (TPSA) is 33.1 Å². The Hall–Kier alpha value is -0.710. The number of benzene rings is 1. The van der Waals surface area contributed by atoms with Crippen molar-refractivity contribution in [1.82, 2.24) is 4.98 Å². The molecule has 1 aromatic heterocycles. The largest absolute Gasteiger partial charge is 0.396 e. The molecule has 2 nitrogen and oxygen atoms in total. The first-order valence-corrected chi connectivity index (χ1v) is 6.70. The summed E-state index contributed by atoms with van der Waals surface area (Å²) in [6.07, 6.45) is 0. The molecule has 1 heterocycles. The normalized spacial score (nSPS) is 12.7. The number of nitrogens with zero attached hydrogens (tertiary/aromatic N) is 1. The molecule has 4 heteroatoms. The molecule has 16 heavy (non-hydrogen) atoms. The van der Waals surface area contributed by atoms with Gasteiger partial charge in [0.15, 0.2) is 0 Å². The highest BCUT2D eigenvalue weighted by molar-refractivity contribution is 9.10. The quantitative estimate of drug-likeness (QED) is 0.938. The van der Waals surface area contributed by atoms with Crippen molar-refractivity contribution in [2.75, 3.05) is 6.61 Å². The third-order valence-electron chi connectivity index (χ3n) is 2.39. The highest BCUT2D eigenvalue weighted by Gasteiger charge is 2.09. The van der Waals surface area contributed by atoms with Gasteiger partial charge in [-0.3, -0.25) is 0 Å². The van der Waals surface area contributed by atoms with Crippen LogP contribution in [0.3, 0.4) is 0 Å². The summed E-state index contributed by atoms with van der Waals surface area (Å²) < 4.78 is 1.07. The molecule has 2 rings (SSSR count). The van der Waals surface area contributed by atoms with Crippen LogP contribution in [0.5, 0.6) is 0 Å². The number of rotatable bonds is 3. The molecule has 0 bridgehead atoms. The van der Waals surface area contributed by atoms with E-state index in [2.05, 4.69) is 20.9 Å². The predicted molar refractivity (Wildman–Crippen MR) is 70.8 cm³/mol. The van der Waals surface area contributed by atoms with Gasteiger partial charge in [0.2, 0.25) is 0 Å². The molecule has 0 saturated carbocycles. The van der Waals surface area contributed by atoms with E-state index in [1.165, 1.54) is 0 Å². The Kier molecular flexibility index (Phi) is 3.74. The first kappa shape index (κ1) is 11.8. The minimum atomic E-state index is 0.112. The summed E-state index contributed by atoms with van der Waals surface area (Å²) >= 11 is 5.02. The second-order valence-electron chi connectivity index (χ2n) is 3.67. The maximum absolute atomic E-state index is 9.06. The first-order valence-electron chi connectivity index (χ1n) is 5.03. The second-order valence-corrected chi connectivity index (χ2v) is 5.44. The van der Waals surface area contributed by atoms with E-state index in [4.69, 9.17) is 5.11 Å². The van der Waals surface area contributed by atoms with Crippen LogP contribution in [0.15, 0.2) is 34.1 Å². The molecule has 0 aliphatic carbocycles. The first-order chi connectivity index (χ1) is 7.70. The van der Waals surface area contributed by atoms with Gasteiger partial charge in [-0.05, 0) is 12.1 Å². The van der Waals surface area contributed by atoms with Gasteiger partial charge < -0.3 is 5.11 Å². The SMILES string of the molecule is CC(CO)c1csc(-c2ccc(Br)cc2)n1. The molecule has 0 aliphatic rings. The molecule has 1 aromatic carbocycles. The molecule has 0 fully saturated rings. The van der Waals surface area contributed by atoms with E-state index in [1.54, 1.807) is 11.3 Å². The van der Waals surface area contributed by atoms with Crippen molar-refractivity contribution < 1.29 is 5.11 Å². The van der Waals surface area contributed by atoms with Crippen molar-refractivity contribution in [3.8, 4) is 10.6 Å². The summed E-state index contributed by atoms with van der Waals surface area (Å²) in [5.74, 6) is 0.112. The van der Waals surface area contributed by atoms with Gasteiger partial charge in [-0.1, -0.05) is 35.0 Å². The molecular formula is C12H12BrNOS. The molecule has 1 atom stereocenters. The van der Waals surface area contributed by atoms with Crippen LogP contribution >= 0.6 is 27.3 Å². The van der Waals surface area contributed by atoms with Crippen molar-refractivity contribution in [2.45, 2.75) is 12.8 Å². The molecule has 0 radical (unpaired) electrons. The molecule has 0 spiro atoms. The monoisotopic (exact) mass is 297 g/mol. The van der Waals surface area contributed by atoms with Crippen LogP contribution in [-0.4, -0.2) is 16.7 Å². The third kappa shape index (κ3) is 2.51. The van der Waals surface area contributed by atoms with E-state index >= 15 is 0 Å². The highest BCUT2D eigenvalue weighted by atomic mass is 79.9. The number of aromatic nitrogens is 1. The maximum atomic E-state index is 9.06. The molecule has 1 N–H and O–H groups in total. The Morgan fingerprint density at radius 1 is 1.38 bits per heavy atom. The van der Waals surface area contributed by atoms with Crippen LogP contribution in [0.1, 0.15) is 18.5 Å². The van der Waals surface area contributed by atoms with E-state index in [9.17, 15) is 0 Å². The highest BCUT2D eigenvalue weighted by Crippen LogP contribution is 2.27. The number of halogens is 1. The van der Waals surface area contributed by atoms with Crippen molar-refractivity contribution >= 4 is 27.3 Å². The van der Waals surface area contributed by atoms with Crippen molar-refractivity contribution in [3.63, 3.8) is 0 Å². The number of hydrogen-bond acceptors (Lipinski definition) is 3. The summed E-state index contributed by atoms with van der Waals surface area (Å²) in [4.78, 5) is 4.52. The summed E-state index contributed by atoms with van der Waals surface area (Å²) in [5.41, 5.74) is 2.08. The maximum Gasteiger partial charge on any atom is 0.123 e. The summed E-state index contributed by atoms with van der Waals surface area (Å²) in [5, 5.41) is 12.1. The second kappa shape index (κ2) is 5.08. The zero-order chi connectivity index (χ0) is 11.5. The van der Waals surface area contributed by atoms with Crippen molar-refractivity contribution in [2.24, 2.45) is 0 Å². The van der Waals surface area contributed by atoms with E-state index < -0.39 is 0 Å². The van der Waals surface area contributed by atoms with Crippen LogP contribution in [0.2, 0.25) is 0 Å². The Morgan fingerprint density at radius 2 is 2.06 bits per heavy atom. The number of aliphatic hydroxyl groups is 1. The lowest BCUT2D eigenvalue weighted by molar-refractivity contribution is 0.271. The Labute approximate surface area is 107 Å². The molecule has 2 aromatic rings. The lowest BCUT2D eigenvalue weighted by Crippen LogP contribution is -1.98. The lowest BCUT2D eigenvalue weighted by atomic mass is 10.1. The fourth-order valence-corrected chi connectivity index (χ4v) is 2.54. The van der Waals surface area contributed by atoms with Gasteiger partial charge in [0, 0.05) is 21.3 Å². The van der Waals surface area contributed by atoms with Gasteiger partial charge in [-0.2, -0.15) is 0 Å². The number of hydrogen-bond donors (Lipinski definition) is 1. The molecule has 84 valence electrons. The van der Waals surface area contributed by atoms with Crippen LogP contribution in [0.25, 0.3) is 10.6 Å². The minimum Gasteiger partial charge on any atom is -0.396 e. The molecule has 0 aliphatic heterocycles. The van der Waals surface area contributed by atoms with Crippen molar-refractivity contribution in [3.05, 3.63) is 39.8 Å². The predicted octanol–water partition coefficient (Wildman–Crippen LogP) is 3.67. The fourth-order valence-electron chi connectivity index (χ4n) is 1.33. The van der Waals surface area contributed by atoms with Gasteiger partial charge >= 0.3 is 0 Å². The number of aliphatic hydroxyl groups excluding tert-OH is 1. The minimum absolute atomic E-state index is 0.112. The lowest BCUT2D eigenvalue weighted by Gasteiger charge is -2.02. The van der Waals surface area contributed by atoms with E-state index in [-0.39, 0.29) is 12.5 Å². The zero-order valence-corrected chi connectivity index (χ0v) is 11.3. The molecular weight excluding hydrogens is 286 g/mol. The summed E-state index contributed by atoms with van der Waals surface area (Å²) in [6, 6.07) is 8.09. The van der Waals surface area contributed by atoms with Crippen molar-refractivity contribution in [1.29, 1.82) is 0 Å². The average molecular weight is 298 g/mol. The molecule has 0 amide bonds. The van der Waals surface area contributed by atoms with E-state index in [0.29, 0.717) is 0 Å².